The smallest absolute Gasteiger partial charge is 0.0721 e. The molecule has 0 aliphatic rings. The van der Waals surface area contributed by atoms with Gasteiger partial charge in [0, 0.05) is 9.50 Å². The van der Waals surface area contributed by atoms with Crippen molar-refractivity contribution >= 4 is 27.5 Å². The predicted molar refractivity (Wildman–Crippen MR) is 84.2 cm³/mol. The monoisotopic (exact) mass is 338 g/mol. The van der Waals surface area contributed by atoms with Crippen LogP contribution in [0.1, 0.15) is 28.3 Å². The van der Waals surface area contributed by atoms with Crippen LogP contribution in [0, 0.1) is 13.8 Å². The number of nitrogens with one attached hydrogen (secondary N) is 1. The molecule has 0 saturated carbocycles. The number of aryl methyl sites for hydroxylation is 2. The molecule has 2 rings (SSSR count). The Morgan fingerprint density at radius 2 is 1.84 bits per heavy atom. The maximum Gasteiger partial charge on any atom is 0.0721 e. The summed E-state index contributed by atoms with van der Waals surface area (Å²) in [6.45, 7) is 4.20. The molecule has 100 valence electrons. The maximum absolute atomic E-state index is 5.98. The van der Waals surface area contributed by atoms with E-state index in [2.05, 4.69) is 53.4 Å². The van der Waals surface area contributed by atoms with Crippen LogP contribution >= 0.6 is 27.5 Å². The molecule has 3 N–H and O–H groups in total. The van der Waals surface area contributed by atoms with Crippen LogP contribution in [0.4, 0.5) is 0 Å². The Hall–Kier alpha value is -0.870. The Morgan fingerprint density at radius 3 is 2.42 bits per heavy atom. The normalized spacial score (nSPS) is 12.5. The zero-order chi connectivity index (χ0) is 14.0. The highest BCUT2D eigenvalue weighted by atomic mass is 79.9. The lowest BCUT2D eigenvalue weighted by atomic mass is 9.96. The highest BCUT2D eigenvalue weighted by Gasteiger charge is 2.16. The SMILES string of the molecule is Cc1ccc(C(NN)c2ccc(Cl)cc2Br)cc1C. The average Bonchev–Trinajstić information content (AvgIpc) is 2.37. The molecule has 0 spiro atoms. The average molecular weight is 340 g/mol. The fourth-order valence-electron chi connectivity index (χ4n) is 2.05. The van der Waals surface area contributed by atoms with Gasteiger partial charge in [0.15, 0.2) is 0 Å². The van der Waals surface area contributed by atoms with Crippen LogP contribution in [-0.4, -0.2) is 0 Å². The standard InChI is InChI=1S/C15H16BrClN2/c1-9-3-4-11(7-10(9)2)15(19-18)13-6-5-12(17)8-14(13)16/h3-8,15,19H,18H2,1-2H3. The first-order valence-electron chi connectivity index (χ1n) is 6.01. The Kier molecular flexibility index (Phi) is 4.63. The van der Waals surface area contributed by atoms with Gasteiger partial charge in [0.1, 0.15) is 0 Å². The number of hydrogen-bond donors (Lipinski definition) is 2. The molecule has 0 aliphatic carbocycles. The zero-order valence-corrected chi connectivity index (χ0v) is 13.2. The summed E-state index contributed by atoms with van der Waals surface area (Å²) in [5, 5.41) is 0.700. The van der Waals surface area contributed by atoms with Gasteiger partial charge in [-0.3, -0.25) is 5.84 Å². The molecular formula is C15H16BrClN2. The first kappa shape index (κ1) is 14.5. The molecule has 2 aromatic rings. The Labute approximate surface area is 127 Å². The van der Waals surface area contributed by atoms with Crippen molar-refractivity contribution in [1.29, 1.82) is 0 Å². The maximum atomic E-state index is 5.98. The van der Waals surface area contributed by atoms with Crippen molar-refractivity contribution < 1.29 is 0 Å². The molecule has 0 amide bonds. The molecule has 0 fully saturated rings. The van der Waals surface area contributed by atoms with Crippen molar-refractivity contribution in [2.75, 3.05) is 0 Å². The first-order valence-corrected chi connectivity index (χ1v) is 7.18. The zero-order valence-electron chi connectivity index (χ0n) is 10.9. The molecule has 0 aromatic heterocycles. The van der Waals surface area contributed by atoms with Crippen LogP contribution in [0.15, 0.2) is 40.9 Å². The van der Waals surface area contributed by atoms with Gasteiger partial charge in [-0.25, -0.2) is 5.43 Å². The van der Waals surface area contributed by atoms with Crippen LogP contribution in [0.3, 0.4) is 0 Å². The van der Waals surface area contributed by atoms with Gasteiger partial charge in [0.25, 0.3) is 0 Å². The Bertz CT molecular complexity index is 599. The van der Waals surface area contributed by atoms with Crippen LogP contribution in [-0.2, 0) is 0 Å². The van der Waals surface area contributed by atoms with Gasteiger partial charge >= 0.3 is 0 Å². The molecule has 1 unspecified atom stereocenters. The van der Waals surface area contributed by atoms with Gasteiger partial charge in [-0.2, -0.15) is 0 Å². The van der Waals surface area contributed by atoms with Gasteiger partial charge < -0.3 is 0 Å². The highest BCUT2D eigenvalue weighted by molar-refractivity contribution is 9.10. The van der Waals surface area contributed by atoms with Crippen LogP contribution in [0.25, 0.3) is 0 Å². The summed E-state index contributed by atoms with van der Waals surface area (Å²) < 4.78 is 0.946. The quantitative estimate of drug-likeness (QED) is 0.647. The number of halogens is 2. The van der Waals surface area contributed by atoms with E-state index in [1.807, 2.05) is 18.2 Å². The molecule has 19 heavy (non-hydrogen) atoms. The van der Waals surface area contributed by atoms with Crippen LogP contribution in [0.2, 0.25) is 5.02 Å². The van der Waals surface area contributed by atoms with Crippen molar-refractivity contribution in [2.24, 2.45) is 5.84 Å². The van der Waals surface area contributed by atoms with Crippen molar-refractivity contribution in [1.82, 2.24) is 5.43 Å². The second-order valence-corrected chi connectivity index (χ2v) is 5.90. The van der Waals surface area contributed by atoms with Crippen molar-refractivity contribution in [3.63, 3.8) is 0 Å². The van der Waals surface area contributed by atoms with Crippen molar-refractivity contribution in [3.05, 3.63) is 68.1 Å². The number of rotatable bonds is 3. The van der Waals surface area contributed by atoms with E-state index in [9.17, 15) is 0 Å². The summed E-state index contributed by atoms with van der Waals surface area (Å²) in [6, 6.07) is 12.0. The number of nitrogens with two attached hydrogens (primary N) is 1. The Balaban J connectivity index is 2.46. The van der Waals surface area contributed by atoms with Gasteiger partial charge in [0.2, 0.25) is 0 Å². The van der Waals surface area contributed by atoms with E-state index in [-0.39, 0.29) is 6.04 Å². The third-order valence-corrected chi connectivity index (χ3v) is 4.23. The van der Waals surface area contributed by atoms with E-state index < -0.39 is 0 Å². The van der Waals surface area contributed by atoms with Gasteiger partial charge in [0.05, 0.1) is 6.04 Å². The fourth-order valence-corrected chi connectivity index (χ4v) is 2.96. The van der Waals surface area contributed by atoms with Crippen LogP contribution < -0.4 is 11.3 Å². The molecule has 1 atom stereocenters. The van der Waals surface area contributed by atoms with Gasteiger partial charge in [-0.05, 0) is 48.2 Å². The number of benzene rings is 2. The molecular weight excluding hydrogens is 324 g/mol. The third kappa shape index (κ3) is 3.18. The van der Waals surface area contributed by atoms with E-state index in [1.165, 1.54) is 11.1 Å². The summed E-state index contributed by atoms with van der Waals surface area (Å²) in [4.78, 5) is 0. The largest absolute Gasteiger partial charge is 0.271 e. The molecule has 4 heteroatoms. The molecule has 0 heterocycles. The number of hydrogen-bond acceptors (Lipinski definition) is 2. The lowest BCUT2D eigenvalue weighted by molar-refractivity contribution is 0.634. The van der Waals surface area contributed by atoms with Gasteiger partial charge in [-0.15, -0.1) is 0 Å². The van der Waals surface area contributed by atoms with Crippen molar-refractivity contribution in [2.45, 2.75) is 19.9 Å². The topological polar surface area (TPSA) is 38.0 Å². The summed E-state index contributed by atoms with van der Waals surface area (Å²) in [7, 11) is 0. The van der Waals surface area contributed by atoms with Crippen LogP contribution in [0.5, 0.6) is 0 Å². The second-order valence-electron chi connectivity index (χ2n) is 4.61. The predicted octanol–water partition coefficient (Wildman–Crippen LogP) is 4.27. The minimum absolute atomic E-state index is 0.0639. The summed E-state index contributed by atoms with van der Waals surface area (Å²) >= 11 is 9.51. The van der Waals surface area contributed by atoms with Gasteiger partial charge in [-0.1, -0.05) is 51.8 Å². The Morgan fingerprint density at radius 1 is 1.11 bits per heavy atom. The summed E-state index contributed by atoms with van der Waals surface area (Å²) in [5.74, 6) is 5.73. The molecule has 2 aromatic carbocycles. The molecule has 0 aliphatic heterocycles. The lowest BCUT2D eigenvalue weighted by Crippen LogP contribution is -2.29. The first-order chi connectivity index (χ1) is 9.02. The minimum Gasteiger partial charge on any atom is -0.271 e. The number of hydrazine groups is 1. The molecule has 0 bridgehead atoms. The highest BCUT2D eigenvalue weighted by Crippen LogP contribution is 2.31. The minimum atomic E-state index is -0.0639. The van der Waals surface area contributed by atoms with E-state index in [1.54, 1.807) is 0 Å². The fraction of sp³-hybridized carbons (Fsp3) is 0.200. The third-order valence-electron chi connectivity index (χ3n) is 3.30. The van der Waals surface area contributed by atoms with Crippen molar-refractivity contribution in [3.8, 4) is 0 Å². The summed E-state index contributed by atoms with van der Waals surface area (Å²) in [5.41, 5.74) is 7.59. The molecule has 0 radical (unpaired) electrons. The molecule has 0 saturated heterocycles. The van der Waals surface area contributed by atoms with E-state index in [0.29, 0.717) is 5.02 Å². The summed E-state index contributed by atoms with van der Waals surface area (Å²) in [6.07, 6.45) is 0. The van der Waals surface area contributed by atoms with E-state index >= 15 is 0 Å². The molecule has 2 nitrogen and oxygen atoms in total. The lowest BCUT2D eigenvalue weighted by Gasteiger charge is -2.19. The van der Waals surface area contributed by atoms with E-state index in [4.69, 9.17) is 17.4 Å². The van der Waals surface area contributed by atoms with E-state index in [0.717, 1.165) is 15.6 Å². The second kappa shape index (κ2) is 6.06.